The number of benzene rings is 1. The molecule has 2 heterocycles. The van der Waals surface area contributed by atoms with Crippen LogP contribution in [-0.2, 0) is 33.4 Å². The molecule has 2 aromatic rings. The van der Waals surface area contributed by atoms with Gasteiger partial charge >= 0.3 is 6.03 Å². The molecule has 9 heteroatoms. The van der Waals surface area contributed by atoms with Gasteiger partial charge in [-0.3, -0.25) is 0 Å². The Balaban J connectivity index is 1.93. The highest BCUT2D eigenvalue weighted by Crippen LogP contribution is 2.23. The van der Waals surface area contributed by atoms with Gasteiger partial charge in [0.1, 0.15) is 0 Å². The maximum atomic E-state index is 13.3. The fourth-order valence-corrected chi connectivity index (χ4v) is 5.31. The van der Waals surface area contributed by atoms with Gasteiger partial charge in [-0.25, -0.2) is 18.2 Å². The van der Waals surface area contributed by atoms with E-state index in [0.717, 1.165) is 12.8 Å². The lowest BCUT2D eigenvalue weighted by atomic mass is 10.2. The highest BCUT2D eigenvalue weighted by atomic mass is 32.2. The Labute approximate surface area is 190 Å². The van der Waals surface area contributed by atoms with Crippen molar-refractivity contribution >= 4 is 15.9 Å². The van der Waals surface area contributed by atoms with Crippen LogP contribution in [0.4, 0.5) is 4.79 Å². The van der Waals surface area contributed by atoms with Crippen LogP contribution < -0.4 is 5.32 Å². The molecule has 1 aliphatic heterocycles. The summed E-state index contributed by atoms with van der Waals surface area (Å²) in [7, 11) is -3.68. The highest BCUT2D eigenvalue weighted by Gasteiger charge is 2.29. The van der Waals surface area contributed by atoms with E-state index in [0.29, 0.717) is 24.4 Å². The maximum Gasteiger partial charge on any atom is 0.318 e. The van der Waals surface area contributed by atoms with Crippen LogP contribution in [0.2, 0.25) is 0 Å². The average Bonchev–Trinajstić information content (AvgIpc) is 3.36. The number of nitrogens with zero attached hydrogens (tertiary/aromatic N) is 3. The molecule has 1 aromatic carbocycles. The number of amides is 2. The number of hydrogen-bond acceptors (Lipinski definition) is 5. The lowest BCUT2D eigenvalue weighted by molar-refractivity contribution is 0.0932. The van der Waals surface area contributed by atoms with Gasteiger partial charge in [-0.1, -0.05) is 30.3 Å². The average molecular weight is 463 g/mol. The Morgan fingerprint density at radius 2 is 1.97 bits per heavy atom. The van der Waals surface area contributed by atoms with E-state index in [-0.39, 0.29) is 41.7 Å². The minimum atomic E-state index is -3.68. The van der Waals surface area contributed by atoms with Gasteiger partial charge in [0.15, 0.2) is 0 Å². The topological polar surface area (TPSA) is 93.5 Å². The van der Waals surface area contributed by atoms with Crippen molar-refractivity contribution in [3.05, 3.63) is 47.8 Å². The van der Waals surface area contributed by atoms with E-state index in [9.17, 15) is 13.2 Å². The molecule has 1 atom stereocenters. The van der Waals surface area contributed by atoms with Crippen LogP contribution >= 0.6 is 0 Å². The first kappa shape index (κ1) is 24.3. The zero-order chi connectivity index (χ0) is 23.3. The predicted octanol–water partition coefficient (Wildman–Crippen LogP) is 3.36. The van der Waals surface area contributed by atoms with E-state index in [1.54, 1.807) is 27.8 Å². The normalized spacial score (nSPS) is 16.6. The van der Waals surface area contributed by atoms with Gasteiger partial charge in [0.25, 0.3) is 0 Å². The molecular formula is C23H34N4O4S. The number of aromatic nitrogens is 2. The van der Waals surface area contributed by atoms with Crippen molar-refractivity contribution in [2.24, 2.45) is 0 Å². The Morgan fingerprint density at radius 3 is 2.56 bits per heavy atom. The summed E-state index contributed by atoms with van der Waals surface area (Å²) < 4.78 is 34.1. The number of nitrogens with one attached hydrogen (secondary N) is 1. The third-order valence-electron chi connectivity index (χ3n) is 5.42. The molecule has 1 saturated heterocycles. The first-order valence-electron chi connectivity index (χ1n) is 11.2. The molecule has 176 valence electrons. The first-order valence-corrected chi connectivity index (χ1v) is 12.8. The van der Waals surface area contributed by atoms with Crippen LogP contribution in [0.15, 0.2) is 41.7 Å². The Morgan fingerprint density at radius 1 is 1.25 bits per heavy atom. The number of rotatable bonds is 9. The van der Waals surface area contributed by atoms with Gasteiger partial charge in [0, 0.05) is 18.7 Å². The van der Waals surface area contributed by atoms with Gasteiger partial charge in [-0.2, -0.15) is 0 Å². The van der Waals surface area contributed by atoms with Crippen LogP contribution in [0.25, 0.3) is 0 Å². The molecule has 0 saturated carbocycles. The molecule has 1 aliphatic rings. The number of sulfone groups is 1. The van der Waals surface area contributed by atoms with Crippen molar-refractivity contribution in [3.8, 4) is 0 Å². The third kappa shape index (κ3) is 6.10. The van der Waals surface area contributed by atoms with E-state index in [2.05, 4.69) is 10.3 Å². The molecule has 1 aromatic heterocycles. The molecule has 0 aliphatic carbocycles. The highest BCUT2D eigenvalue weighted by molar-refractivity contribution is 7.90. The largest absolute Gasteiger partial charge is 0.376 e. The van der Waals surface area contributed by atoms with E-state index in [1.165, 1.54) is 0 Å². The molecule has 1 fully saturated rings. The predicted molar refractivity (Wildman–Crippen MR) is 123 cm³/mol. The molecule has 32 heavy (non-hydrogen) atoms. The van der Waals surface area contributed by atoms with E-state index >= 15 is 0 Å². The summed E-state index contributed by atoms with van der Waals surface area (Å²) in [5, 5.41) is 2.95. The molecule has 0 radical (unpaired) electrons. The molecule has 0 bridgehead atoms. The number of ether oxygens (including phenoxy) is 1. The number of carbonyl (C=O) groups excluding carboxylic acids is 1. The number of urea groups is 1. The number of imidazole rings is 1. The zero-order valence-corrected chi connectivity index (χ0v) is 20.1. The maximum absolute atomic E-state index is 13.3. The lowest BCUT2D eigenvalue weighted by Gasteiger charge is -2.28. The fraction of sp³-hybridized carbons (Fsp3) is 0.565. The van der Waals surface area contributed by atoms with E-state index in [1.807, 2.05) is 45.9 Å². The quantitative estimate of drug-likeness (QED) is 0.617. The van der Waals surface area contributed by atoms with Gasteiger partial charge in [-0.05, 0) is 46.1 Å². The number of carbonyl (C=O) groups is 1. The summed E-state index contributed by atoms with van der Waals surface area (Å²) in [5.41, 5.74) is 1.39. The summed E-state index contributed by atoms with van der Waals surface area (Å²) in [5.74, 6) is -0.127. The molecule has 0 unspecified atom stereocenters. The molecule has 0 spiro atoms. The van der Waals surface area contributed by atoms with Crippen LogP contribution in [0.1, 0.15) is 51.8 Å². The van der Waals surface area contributed by atoms with Gasteiger partial charge < -0.3 is 19.5 Å². The second-order valence-electron chi connectivity index (χ2n) is 8.85. The van der Waals surface area contributed by atoms with Crippen molar-refractivity contribution < 1.29 is 17.9 Å². The third-order valence-corrected chi connectivity index (χ3v) is 7.01. The van der Waals surface area contributed by atoms with Crippen molar-refractivity contribution in [3.63, 3.8) is 0 Å². The summed E-state index contributed by atoms with van der Waals surface area (Å²) >= 11 is 0. The first-order chi connectivity index (χ1) is 15.2. The van der Waals surface area contributed by atoms with Crippen molar-refractivity contribution in [1.29, 1.82) is 0 Å². The monoisotopic (exact) mass is 462 g/mol. The summed E-state index contributed by atoms with van der Waals surface area (Å²) in [6, 6.07) is 8.84. The van der Waals surface area contributed by atoms with E-state index < -0.39 is 9.84 Å². The molecule has 2 amide bonds. The molecule has 1 N–H and O–H groups in total. The Bertz CT molecular complexity index is 996. The van der Waals surface area contributed by atoms with Crippen LogP contribution in [0, 0.1) is 0 Å². The van der Waals surface area contributed by atoms with Crippen molar-refractivity contribution in [2.75, 3.05) is 6.61 Å². The molecule has 3 rings (SSSR count). The molecular weight excluding hydrogens is 428 g/mol. The van der Waals surface area contributed by atoms with Crippen LogP contribution in [0.5, 0.6) is 0 Å². The Kier molecular flexibility index (Phi) is 7.95. The van der Waals surface area contributed by atoms with Gasteiger partial charge in [0.2, 0.25) is 15.0 Å². The van der Waals surface area contributed by atoms with Gasteiger partial charge in [-0.15, -0.1) is 0 Å². The lowest BCUT2D eigenvalue weighted by Crippen LogP contribution is -2.46. The van der Waals surface area contributed by atoms with E-state index in [4.69, 9.17) is 4.74 Å². The minimum absolute atomic E-state index is 0.00219. The fourth-order valence-electron chi connectivity index (χ4n) is 3.81. The van der Waals surface area contributed by atoms with Crippen molar-refractivity contribution in [2.45, 2.75) is 82.7 Å². The second kappa shape index (κ2) is 10.5. The van der Waals surface area contributed by atoms with Crippen molar-refractivity contribution in [1.82, 2.24) is 19.8 Å². The van der Waals surface area contributed by atoms with Crippen LogP contribution in [0.3, 0.4) is 0 Å². The summed E-state index contributed by atoms with van der Waals surface area (Å²) in [6.07, 6.45) is 3.34. The standard InChI is InChI=1S/C23H34N4O4S/c1-17(2)25-22(28)26(18(3)4)14-20-13-24-23(27(20)15-21-11-8-12-31-21)32(29,30)16-19-9-6-5-7-10-19/h5-7,9-10,13,17-18,21H,8,11-12,14-16H2,1-4H3,(H,25,28)/t21-/m0/s1. The van der Waals surface area contributed by atoms with Crippen LogP contribution in [-0.4, -0.2) is 53.7 Å². The van der Waals surface area contributed by atoms with Gasteiger partial charge in [0.05, 0.1) is 36.8 Å². The smallest absolute Gasteiger partial charge is 0.318 e. The SMILES string of the molecule is CC(C)NC(=O)N(Cc1cnc(S(=O)(=O)Cc2ccccc2)n1C[C@@H]1CCCO1)C(C)C. The minimum Gasteiger partial charge on any atom is -0.376 e. The number of hydrogen-bond donors (Lipinski definition) is 1. The molecule has 8 nitrogen and oxygen atoms in total. The Hall–Kier alpha value is -2.39. The zero-order valence-electron chi connectivity index (χ0n) is 19.3. The summed E-state index contributed by atoms with van der Waals surface area (Å²) in [6.45, 7) is 9.03. The summed E-state index contributed by atoms with van der Waals surface area (Å²) in [4.78, 5) is 18.8. The second-order valence-corrected chi connectivity index (χ2v) is 10.7.